The lowest BCUT2D eigenvalue weighted by atomic mass is 9.88. The Balaban J connectivity index is 0.000000198. The Morgan fingerprint density at radius 1 is 0.567 bits per heavy atom. The highest BCUT2D eigenvalue weighted by Gasteiger charge is 2.15. The van der Waals surface area contributed by atoms with Crippen LogP contribution in [0.2, 0.25) is 11.5 Å². The average Bonchev–Trinajstić information content (AvgIpc) is 1.66. The number of aryl methyl sites for hydroxylation is 7. The number of hydrogen-bond acceptors (Lipinski definition) is 15. The Morgan fingerprint density at radius 3 is 1.49 bits per heavy atom. The third kappa shape index (κ3) is 20.6. The van der Waals surface area contributed by atoms with Crippen molar-refractivity contribution in [1.82, 2.24) is 43.6 Å². The normalized spacial score (nSPS) is 10.3. The topological polar surface area (TPSA) is 260 Å². The largest absolute Gasteiger partial charge is 0.451 e. The molecule has 472 valence electrons. The molecular formula is C62H66BBrClF5N14O6. The van der Waals surface area contributed by atoms with Crippen LogP contribution in [0.4, 0.5) is 62.0 Å². The first-order valence-corrected chi connectivity index (χ1v) is 28.9. The quantitative estimate of drug-likeness (QED) is 0.0234. The smallest absolute Gasteiger partial charge is 0.427 e. The summed E-state index contributed by atoms with van der Waals surface area (Å²) in [5.41, 5.74) is 16.7. The van der Waals surface area contributed by atoms with E-state index in [2.05, 4.69) is 51.2 Å². The molecule has 0 unspecified atom stereocenters. The average molecular weight is 1320 g/mol. The van der Waals surface area contributed by atoms with Crippen LogP contribution in [-0.4, -0.2) is 77.7 Å². The number of imidazole rings is 3. The number of nitro benzene ring substituents is 2. The van der Waals surface area contributed by atoms with Crippen molar-refractivity contribution in [2.45, 2.75) is 66.6 Å². The molecule has 90 heavy (non-hydrogen) atoms. The van der Waals surface area contributed by atoms with E-state index in [1.165, 1.54) is 36.4 Å². The molecule has 0 aliphatic heterocycles. The number of nitrogen functional groups attached to an aromatic ring is 1. The van der Waals surface area contributed by atoms with Gasteiger partial charge in [0.25, 0.3) is 11.4 Å². The number of nitro groups is 2. The molecule has 6 aromatic heterocycles. The molecule has 5 aromatic carbocycles. The van der Waals surface area contributed by atoms with Crippen LogP contribution in [0.15, 0.2) is 151 Å². The maximum atomic E-state index is 13.4. The van der Waals surface area contributed by atoms with Gasteiger partial charge in [0.1, 0.15) is 62.4 Å². The lowest BCUT2D eigenvalue weighted by Gasteiger charge is -2.21. The Morgan fingerprint density at radius 2 is 0.989 bits per heavy atom. The van der Waals surface area contributed by atoms with Crippen molar-refractivity contribution in [3.63, 3.8) is 0 Å². The summed E-state index contributed by atoms with van der Waals surface area (Å²) in [6.07, 6.45) is 13.6. The third-order valence-electron chi connectivity index (χ3n) is 13.2. The SMILES string of the molecule is CCB(O)O.CCc1cc(F)ccc1N.CCc1cc(F)ccc1N(C)c1cc2c(cn1)ncn2C.CCc1cc(F)ccc1Nc1cc2c(cn1)ncn2C.CCc1cc(F)ccc1[N+](=O)[O-].Cn1cnc2cnc(Cl)cc21.O=[N+]([O-])c1ccc(F)cc1Br. The summed E-state index contributed by atoms with van der Waals surface area (Å²) in [6.45, 7) is 9.42. The minimum absolute atomic E-state index is 0.0149. The minimum atomic E-state index is -1.12. The van der Waals surface area contributed by atoms with Crippen LogP contribution in [0, 0.1) is 49.3 Å². The molecule has 0 bridgehead atoms. The van der Waals surface area contributed by atoms with Crippen LogP contribution in [0.5, 0.6) is 0 Å². The minimum Gasteiger partial charge on any atom is -0.427 e. The Labute approximate surface area is 529 Å². The lowest BCUT2D eigenvalue weighted by molar-refractivity contribution is -0.385. The standard InChI is InChI=1S/C16H17FN4.C15H15FN4.C8H8FNO2.C8H10FN.C7H6ClN3.C6H3BrFNO2.C2H7BO2/c1-4-11-7-12(17)5-6-14(11)21(3)16-8-15-13(9-18-16)19-10-20(15)2;1-3-10-6-11(16)4-5-12(10)19-15-7-14-13(8-17-15)18-9-20(14)2;1-2-6-5-7(9)3-4-8(6)10(11)12;1-2-6-5-7(9)3-4-8(6)10;1-11-4-10-5-3-9-7(8)2-6(5)11;7-5-3-4(8)1-2-6(5)9(10)11;1-2-3(4)5/h5-10H,4H2,1-3H3;4-9H,3H2,1-2H3,(H,17,19);3-5H,2H2,1H3;3-5H,2,10H2,1H3;2-4H,1H3;1-3H;4-5H,2H2,1H3. The van der Waals surface area contributed by atoms with Gasteiger partial charge in [0, 0.05) is 81.1 Å². The number of nitrogens with zero attached hydrogens (tertiary/aromatic N) is 12. The summed E-state index contributed by atoms with van der Waals surface area (Å²) in [6, 6.07) is 26.4. The fraction of sp³-hybridized carbons (Fsp3) is 0.226. The summed E-state index contributed by atoms with van der Waals surface area (Å²) in [5, 5.41) is 40.1. The second-order valence-electron chi connectivity index (χ2n) is 19.4. The highest BCUT2D eigenvalue weighted by molar-refractivity contribution is 9.10. The molecular weight excluding hydrogens is 1260 g/mol. The van der Waals surface area contributed by atoms with Crippen LogP contribution >= 0.6 is 27.5 Å². The van der Waals surface area contributed by atoms with Gasteiger partial charge >= 0.3 is 7.12 Å². The number of rotatable bonds is 11. The van der Waals surface area contributed by atoms with Crippen LogP contribution in [0.3, 0.4) is 0 Å². The van der Waals surface area contributed by atoms with Crippen molar-refractivity contribution >= 4 is 108 Å². The van der Waals surface area contributed by atoms with Gasteiger partial charge in [-0.1, -0.05) is 46.2 Å². The number of nitrogens with one attached hydrogen (secondary N) is 1. The van der Waals surface area contributed by atoms with Gasteiger partial charge in [-0.3, -0.25) is 20.2 Å². The monoisotopic (exact) mass is 1320 g/mol. The molecule has 0 fully saturated rings. The number of aromatic nitrogens is 9. The van der Waals surface area contributed by atoms with Gasteiger partial charge in [0.05, 0.1) is 68.4 Å². The predicted octanol–water partition coefficient (Wildman–Crippen LogP) is 14.7. The molecule has 0 spiro atoms. The molecule has 0 atom stereocenters. The van der Waals surface area contributed by atoms with E-state index in [-0.39, 0.29) is 33.3 Å². The molecule has 0 aliphatic carbocycles. The molecule has 0 aliphatic rings. The second-order valence-corrected chi connectivity index (χ2v) is 20.7. The fourth-order valence-electron chi connectivity index (χ4n) is 8.24. The van der Waals surface area contributed by atoms with E-state index in [9.17, 15) is 42.2 Å². The van der Waals surface area contributed by atoms with E-state index in [0.717, 1.165) is 116 Å². The van der Waals surface area contributed by atoms with Gasteiger partial charge in [-0.15, -0.1) is 0 Å². The summed E-state index contributed by atoms with van der Waals surface area (Å²) in [4.78, 5) is 46.8. The number of anilines is 5. The van der Waals surface area contributed by atoms with Crippen LogP contribution < -0.4 is 16.0 Å². The van der Waals surface area contributed by atoms with Crippen molar-refractivity contribution in [1.29, 1.82) is 0 Å². The first-order chi connectivity index (χ1) is 42.8. The molecule has 0 saturated carbocycles. The molecule has 0 saturated heterocycles. The Bertz CT molecular complexity index is 4200. The van der Waals surface area contributed by atoms with Gasteiger partial charge < -0.3 is 39.7 Å². The number of halogens is 7. The number of fused-ring (bicyclic) bond motifs is 3. The van der Waals surface area contributed by atoms with E-state index in [0.29, 0.717) is 29.1 Å². The molecule has 0 amide bonds. The van der Waals surface area contributed by atoms with E-state index in [1.807, 2.05) is 79.7 Å². The van der Waals surface area contributed by atoms with E-state index >= 15 is 0 Å². The summed E-state index contributed by atoms with van der Waals surface area (Å²) in [5.74, 6) is -0.0396. The van der Waals surface area contributed by atoms with Crippen molar-refractivity contribution in [3.8, 4) is 0 Å². The summed E-state index contributed by atoms with van der Waals surface area (Å²) in [7, 11) is 6.64. The van der Waals surface area contributed by atoms with E-state index in [4.69, 9.17) is 27.4 Å². The maximum absolute atomic E-state index is 13.4. The maximum Gasteiger partial charge on any atom is 0.451 e. The van der Waals surface area contributed by atoms with E-state index in [1.54, 1.807) is 87.8 Å². The molecule has 0 radical (unpaired) electrons. The molecule has 11 rings (SSSR count). The predicted molar refractivity (Wildman–Crippen MR) is 347 cm³/mol. The summed E-state index contributed by atoms with van der Waals surface area (Å²) >= 11 is 8.56. The Kier molecular flexibility index (Phi) is 27.2. The molecule has 6 heterocycles. The second kappa shape index (κ2) is 34.4. The van der Waals surface area contributed by atoms with Gasteiger partial charge in [0.2, 0.25) is 0 Å². The Hall–Kier alpha value is -9.44. The van der Waals surface area contributed by atoms with E-state index < -0.39 is 28.6 Å². The van der Waals surface area contributed by atoms with Gasteiger partial charge in [-0.25, -0.2) is 51.9 Å². The van der Waals surface area contributed by atoms with Gasteiger partial charge in [-0.2, -0.15) is 0 Å². The van der Waals surface area contributed by atoms with Crippen molar-refractivity contribution in [2.75, 3.05) is 23.0 Å². The first kappa shape index (κ1) is 71.3. The molecule has 28 heteroatoms. The number of nitrogens with two attached hydrogens (primary N) is 1. The molecule has 11 aromatic rings. The molecule has 20 nitrogen and oxygen atoms in total. The fourth-order valence-corrected chi connectivity index (χ4v) is 8.88. The zero-order valence-electron chi connectivity index (χ0n) is 50.6. The first-order valence-electron chi connectivity index (χ1n) is 27.8. The lowest BCUT2D eigenvalue weighted by Crippen LogP contribution is -2.13. The van der Waals surface area contributed by atoms with Crippen molar-refractivity contribution in [2.24, 2.45) is 21.1 Å². The zero-order chi connectivity index (χ0) is 66.4. The number of hydrogen-bond donors (Lipinski definition) is 4. The number of benzene rings is 5. The van der Waals surface area contributed by atoms with Crippen molar-refractivity contribution < 1.29 is 41.8 Å². The zero-order valence-corrected chi connectivity index (χ0v) is 52.9. The number of pyridine rings is 3. The van der Waals surface area contributed by atoms with Gasteiger partial charge in [-0.05, 0) is 143 Å². The van der Waals surface area contributed by atoms with Crippen LogP contribution in [0.25, 0.3) is 33.1 Å². The molecule has 5 N–H and O–H groups in total. The van der Waals surface area contributed by atoms with Crippen LogP contribution in [0.1, 0.15) is 56.9 Å². The van der Waals surface area contributed by atoms with Crippen molar-refractivity contribution in [3.05, 3.63) is 228 Å². The van der Waals surface area contributed by atoms with Crippen LogP contribution in [-0.2, 0) is 46.8 Å². The van der Waals surface area contributed by atoms with Gasteiger partial charge in [0.15, 0.2) is 0 Å². The third-order valence-corrected chi connectivity index (χ3v) is 14.0. The highest BCUT2D eigenvalue weighted by Crippen LogP contribution is 2.30. The highest BCUT2D eigenvalue weighted by atomic mass is 79.9. The summed E-state index contributed by atoms with van der Waals surface area (Å²) < 4.78 is 70.0.